The summed E-state index contributed by atoms with van der Waals surface area (Å²) in [4.78, 5) is 20.7. The van der Waals surface area contributed by atoms with E-state index in [4.69, 9.17) is 4.74 Å². The van der Waals surface area contributed by atoms with Gasteiger partial charge in [-0.15, -0.1) is 11.3 Å². The largest absolute Gasteiger partial charge is 0.416 e. The number of hydrogen-bond donors (Lipinski definition) is 0. The summed E-state index contributed by atoms with van der Waals surface area (Å²) in [7, 11) is 0. The van der Waals surface area contributed by atoms with Crippen molar-refractivity contribution >= 4 is 17.2 Å². The lowest BCUT2D eigenvalue weighted by Crippen LogP contribution is -2.40. The highest BCUT2D eigenvalue weighted by Gasteiger charge is 2.30. The summed E-state index contributed by atoms with van der Waals surface area (Å²) < 4.78 is 59.1. The molecule has 2 heterocycles. The van der Waals surface area contributed by atoms with Gasteiger partial charge >= 0.3 is 6.18 Å². The number of carbonyl (C=O) groups excluding carboxylic acids is 1. The van der Waals surface area contributed by atoms with Crippen LogP contribution in [-0.4, -0.2) is 47.0 Å². The number of carbonyl (C=O) groups is 1. The van der Waals surface area contributed by atoms with Crippen molar-refractivity contribution in [3.05, 3.63) is 87.1 Å². The van der Waals surface area contributed by atoms with E-state index in [-0.39, 0.29) is 31.4 Å². The minimum Gasteiger partial charge on any atom is -0.378 e. The van der Waals surface area contributed by atoms with Crippen molar-refractivity contribution in [1.29, 1.82) is 0 Å². The van der Waals surface area contributed by atoms with Gasteiger partial charge in [0.05, 0.1) is 25.3 Å². The zero-order chi connectivity index (χ0) is 24.1. The van der Waals surface area contributed by atoms with Crippen molar-refractivity contribution in [2.75, 3.05) is 26.3 Å². The molecule has 1 fully saturated rings. The van der Waals surface area contributed by atoms with E-state index in [0.29, 0.717) is 48.1 Å². The van der Waals surface area contributed by atoms with Crippen molar-refractivity contribution < 1.29 is 27.1 Å². The van der Waals surface area contributed by atoms with Gasteiger partial charge in [0, 0.05) is 37.1 Å². The van der Waals surface area contributed by atoms with Crippen molar-refractivity contribution in [2.45, 2.75) is 25.8 Å². The molecule has 1 saturated heterocycles. The van der Waals surface area contributed by atoms with Gasteiger partial charge in [0.1, 0.15) is 16.5 Å². The van der Waals surface area contributed by atoms with E-state index < -0.39 is 11.7 Å². The SMILES string of the molecule is O=C(c1csc(CN(Cc2cccc(C(F)(F)F)c2)Cc2ccccc2F)n1)N1CCOCC1. The van der Waals surface area contributed by atoms with E-state index in [1.54, 1.807) is 34.5 Å². The Hall–Kier alpha value is -2.82. The van der Waals surface area contributed by atoms with Crippen LogP contribution in [0.1, 0.15) is 32.2 Å². The van der Waals surface area contributed by atoms with Crippen LogP contribution in [-0.2, 0) is 30.5 Å². The number of ether oxygens (including phenoxy) is 1. The molecule has 3 aromatic rings. The van der Waals surface area contributed by atoms with Gasteiger partial charge in [-0.2, -0.15) is 13.2 Å². The van der Waals surface area contributed by atoms with E-state index in [1.807, 2.05) is 4.90 Å². The van der Waals surface area contributed by atoms with Gasteiger partial charge in [0.2, 0.25) is 0 Å². The second-order valence-corrected chi connectivity index (χ2v) is 8.91. The second-order valence-electron chi connectivity index (χ2n) is 7.97. The fourth-order valence-electron chi connectivity index (χ4n) is 3.74. The number of hydrogen-bond acceptors (Lipinski definition) is 5. The van der Waals surface area contributed by atoms with Crippen molar-refractivity contribution in [3.63, 3.8) is 0 Å². The normalized spacial score (nSPS) is 14.6. The first kappa shape index (κ1) is 24.3. The van der Waals surface area contributed by atoms with Crippen LogP contribution in [0.5, 0.6) is 0 Å². The number of alkyl halides is 3. The molecule has 180 valence electrons. The topological polar surface area (TPSA) is 45.7 Å². The summed E-state index contributed by atoms with van der Waals surface area (Å²) in [6, 6.07) is 11.4. The quantitative estimate of drug-likeness (QED) is 0.436. The highest BCUT2D eigenvalue weighted by molar-refractivity contribution is 7.09. The number of benzene rings is 2. The number of thiazole rings is 1. The molecule has 1 aromatic heterocycles. The Kier molecular flexibility index (Phi) is 7.60. The average molecular weight is 494 g/mol. The standard InChI is InChI=1S/C24H23F4N3O2S/c25-20-7-2-1-5-18(20)14-30(13-17-4-3-6-19(12-17)24(26,27)28)15-22-29-21(16-34-22)23(32)31-8-10-33-11-9-31/h1-7,12,16H,8-11,13-15H2. The van der Waals surface area contributed by atoms with Gasteiger partial charge in [-0.25, -0.2) is 9.37 Å². The summed E-state index contributed by atoms with van der Waals surface area (Å²) in [5, 5.41) is 2.30. The summed E-state index contributed by atoms with van der Waals surface area (Å²) in [6.45, 7) is 2.55. The number of amides is 1. The summed E-state index contributed by atoms with van der Waals surface area (Å²) in [5.41, 5.74) is 0.471. The van der Waals surface area contributed by atoms with Crippen molar-refractivity contribution in [2.24, 2.45) is 0 Å². The van der Waals surface area contributed by atoms with Crippen LogP contribution < -0.4 is 0 Å². The van der Waals surface area contributed by atoms with Crippen LogP contribution in [0, 0.1) is 5.82 Å². The van der Waals surface area contributed by atoms with Gasteiger partial charge in [-0.1, -0.05) is 36.4 Å². The molecule has 0 N–H and O–H groups in total. The first-order chi connectivity index (χ1) is 16.3. The van der Waals surface area contributed by atoms with Gasteiger partial charge in [-0.05, 0) is 17.7 Å². The second kappa shape index (κ2) is 10.6. The molecule has 0 radical (unpaired) electrons. The average Bonchev–Trinajstić information content (AvgIpc) is 3.29. The molecule has 0 atom stereocenters. The van der Waals surface area contributed by atoms with Crippen LogP contribution in [0.25, 0.3) is 0 Å². The van der Waals surface area contributed by atoms with Gasteiger partial charge in [0.15, 0.2) is 0 Å². The highest BCUT2D eigenvalue weighted by atomic mass is 32.1. The maximum atomic E-state index is 14.3. The van der Waals surface area contributed by atoms with Gasteiger partial charge in [-0.3, -0.25) is 9.69 Å². The molecule has 1 aliphatic heterocycles. The lowest BCUT2D eigenvalue weighted by molar-refractivity contribution is -0.137. The molecule has 10 heteroatoms. The van der Waals surface area contributed by atoms with Gasteiger partial charge in [0.25, 0.3) is 5.91 Å². The number of morpholine rings is 1. The molecule has 5 nitrogen and oxygen atoms in total. The van der Waals surface area contributed by atoms with E-state index in [0.717, 1.165) is 12.1 Å². The Morgan fingerprint density at radius 3 is 2.56 bits per heavy atom. The molecule has 0 unspecified atom stereocenters. The number of nitrogens with zero attached hydrogens (tertiary/aromatic N) is 3. The highest BCUT2D eigenvalue weighted by Crippen LogP contribution is 2.30. The molecule has 0 spiro atoms. The predicted octanol–water partition coefficient (Wildman–Crippen LogP) is 4.98. The fourth-order valence-corrected chi connectivity index (χ4v) is 4.55. The molecular weight excluding hydrogens is 470 g/mol. The Morgan fingerprint density at radius 2 is 1.82 bits per heavy atom. The monoisotopic (exact) mass is 493 g/mol. The third-order valence-electron chi connectivity index (χ3n) is 5.44. The lowest BCUT2D eigenvalue weighted by Gasteiger charge is -2.26. The Morgan fingerprint density at radius 1 is 1.06 bits per heavy atom. The first-order valence-electron chi connectivity index (χ1n) is 10.7. The Labute approximate surface area is 198 Å². The van der Waals surface area contributed by atoms with Gasteiger partial charge < -0.3 is 9.64 Å². The predicted molar refractivity (Wildman–Crippen MR) is 120 cm³/mol. The molecular formula is C24H23F4N3O2S. The minimum absolute atomic E-state index is 0.157. The number of rotatable bonds is 7. The maximum absolute atomic E-state index is 14.3. The third-order valence-corrected chi connectivity index (χ3v) is 6.27. The Balaban J connectivity index is 1.53. The molecule has 0 bridgehead atoms. The van der Waals surface area contributed by atoms with E-state index in [1.165, 1.54) is 23.5 Å². The third kappa shape index (κ3) is 6.19. The zero-order valence-corrected chi connectivity index (χ0v) is 19.0. The Bertz CT molecular complexity index is 1130. The first-order valence-corrected chi connectivity index (χ1v) is 11.6. The lowest BCUT2D eigenvalue weighted by atomic mass is 10.1. The molecule has 0 saturated carbocycles. The van der Waals surface area contributed by atoms with Crippen LogP contribution in [0.15, 0.2) is 53.9 Å². The number of halogens is 4. The number of aromatic nitrogens is 1. The fraction of sp³-hybridized carbons (Fsp3) is 0.333. The van der Waals surface area contributed by atoms with E-state index in [2.05, 4.69) is 4.98 Å². The van der Waals surface area contributed by atoms with Crippen molar-refractivity contribution in [3.8, 4) is 0 Å². The van der Waals surface area contributed by atoms with Crippen molar-refractivity contribution in [1.82, 2.24) is 14.8 Å². The van der Waals surface area contributed by atoms with Crippen LogP contribution in [0.3, 0.4) is 0 Å². The summed E-state index contributed by atoms with van der Waals surface area (Å²) in [5.74, 6) is -0.566. The summed E-state index contributed by atoms with van der Waals surface area (Å²) >= 11 is 1.30. The van der Waals surface area contributed by atoms with Crippen LogP contribution in [0.4, 0.5) is 17.6 Å². The molecule has 34 heavy (non-hydrogen) atoms. The van der Waals surface area contributed by atoms with E-state index >= 15 is 0 Å². The molecule has 0 aliphatic carbocycles. The van der Waals surface area contributed by atoms with Crippen LogP contribution >= 0.6 is 11.3 Å². The zero-order valence-electron chi connectivity index (χ0n) is 18.2. The minimum atomic E-state index is -4.45. The molecule has 1 aliphatic rings. The van der Waals surface area contributed by atoms with E-state index in [9.17, 15) is 22.4 Å². The molecule has 4 rings (SSSR count). The smallest absolute Gasteiger partial charge is 0.378 e. The summed E-state index contributed by atoms with van der Waals surface area (Å²) in [6.07, 6.45) is -4.45. The maximum Gasteiger partial charge on any atom is 0.416 e. The molecule has 1 amide bonds. The molecule has 2 aromatic carbocycles. The van der Waals surface area contributed by atoms with Crippen LogP contribution in [0.2, 0.25) is 0 Å².